The van der Waals surface area contributed by atoms with E-state index in [1.807, 2.05) is 0 Å². The Balaban J connectivity index is 1.71. The molecule has 1 saturated carbocycles. The van der Waals surface area contributed by atoms with Crippen molar-refractivity contribution in [2.45, 2.75) is 45.8 Å². The van der Waals surface area contributed by atoms with Gasteiger partial charge in [0.25, 0.3) is 0 Å². The van der Waals surface area contributed by atoms with Gasteiger partial charge in [0.1, 0.15) is 0 Å². The van der Waals surface area contributed by atoms with Gasteiger partial charge in [0.05, 0.1) is 12.7 Å². The van der Waals surface area contributed by atoms with E-state index in [0.29, 0.717) is 12.1 Å². The van der Waals surface area contributed by atoms with E-state index in [1.54, 1.807) is 0 Å². The van der Waals surface area contributed by atoms with E-state index < -0.39 is 0 Å². The van der Waals surface area contributed by atoms with Gasteiger partial charge in [-0.05, 0) is 25.7 Å². The van der Waals surface area contributed by atoms with E-state index in [0.717, 1.165) is 38.7 Å². The van der Waals surface area contributed by atoms with Crippen molar-refractivity contribution in [3.63, 3.8) is 0 Å². The van der Waals surface area contributed by atoms with E-state index >= 15 is 0 Å². The van der Waals surface area contributed by atoms with Crippen molar-refractivity contribution in [2.24, 2.45) is 11.3 Å². The quantitative estimate of drug-likeness (QED) is 0.777. The van der Waals surface area contributed by atoms with Crippen LogP contribution in [0.4, 0.5) is 0 Å². The molecule has 3 unspecified atom stereocenters. The van der Waals surface area contributed by atoms with Gasteiger partial charge in [0.2, 0.25) is 0 Å². The maximum absolute atomic E-state index is 5.73. The third-order valence-corrected chi connectivity index (χ3v) is 4.22. The van der Waals surface area contributed by atoms with Gasteiger partial charge in [-0.3, -0.25) is 0 Å². The van der Waals surface area contributed by atoms with Gasteiger partial charge in [-0.2, -0.15) is 0 Å². The molecule has 0 amide bonds. The summed E-state index contributed by atoms with van der Waals surface area (Å²) in [6, 6.07) is 0.615. The van der Waals surface area contributed by atoms with Gasteiger partial charge in [-0.25, -0.2) is 0 Å². The van der Waals surface area contributed by atoms with Crippen molar-refractivity contribution in [3.8, 4) is 0 Å². The van der Waals surface area contributed by atoms with Crippen molar-refractivity contribution in [3.05, 3.63) is 0 Å². The number of hydrogen-bond acceptors (Lipinski definition) is 3. The van der Waals surface area contributed by atoms with Crippen molar-refractivity contribution in [1.29, 1.82) is 0 Å². The lowest BCUT2D eigenvalue weighted by atomic mass is 9.64. The molecule has 0 radical (unpaired) electrons. The lowest BCUT2D eigenvalue weighted by Gasteiger charge is -2.52. The Labute approximate surface area is 98.9 Å². The molecule has 0 aromatic carbocycles. The largest absolute Gasteiger partial charge is 0.381 e. The van der Waals surface area contributed by atoms with Crippen molar-refractivity contribution in [1.82, 2.24) is 5.32 Å². The van der Waals surface area contributed by atoms with E-state index in [1.165, 1.54) is 6.42 Å². The first-order valence-corrected chi connectivity index (χ1v) is 6.57. The summed E-state index contributed by atoms with van der Waals surface area (Å²) in [5.74, 6) is 0.724. The molecule has 3 heteroatoms. The maximum Gasteiger partial charge on any atom is 0.0655 e. The van der Waals surface area contributed by atoms with Gasteiger partial charge in [-0.15, -0.1) is 0 Å². The minimum atomic E-state index is 0.287. The summed E-state index contributed by atoms with van der Waals surface area (Å²) in [4.78, 5) is 0. The molecule has 1 aliphatic carbocycles. The maximum atomic E-state index is 5.73. The summed E-state index contributed by atoms with van der Waals surface area (Å²) in [7, 11) is 0. The smallest absolute Gasteiger partial charge is 0.0655 e. The van der Waals surface area contributed by atoms with Gasteiger partial charge >= 0.3 is 0 Å². The minimum Gasteiger partial charge on any atom is -0.381 e. The van der Waals surface area contributed by atoms with E-state index in [-0.39, 0.29) is 5.41 Å². The average Bonchev–Trinajstić information content (AvgIpc) is 2.75. The van der Waals surface area contributed by atoms with Crippen LogP contribution in [0.2, 0.25) is 0 Å². The first-order chi connectivity index (χ1) is 7.64. The fourth-order valence-corrected chi connectivity index (χ4v) is 2.77. The van der Waals surface area contributed by atoms with Gasteiger partial charge in [0.15, 0.2) is 0 Å². The van der Waals surface area contributed by atoms with Crippen LogP contribution in [0.25, 0.3) is 0 Å². The summed E-state index contributed by atoms with van der Waals surface area (Å²) in [6.45, 7) is 10.5. The van der Waals surface area contributed by atoms with Crippen molar-refractivity contribution < 1.29 is 9.47 Å². The van der Waals surface area contributed by atoms with Crippen LogP contribution in [0.1, 0.15) is 33.6 Å². The highest BCUT2D eigenvalue weighted by atomic mass is 16.5. The third-order valence-electron chi connectivity index (χ3n) is 4.22. The number of ether oxygens (including phenoxy) is 2. The van der Waals surface area contributed by atoms with Crippen LogP contribution in [-0.2, 0) is 9.47 Å². The zero-order valence-electron chi connectivity index (χ0n) is 10.8. The van der Waals surface area contributed by atoms with Crippen LogP contribution in [0, 0.1) is 11.3 Å². The molecular weight excluding hydrogens is 202 g/mol. The topological polar surface area (TPSA) is 30.5 Å². The fraction of sp³-hybridized carbons (Fsp3) is 1.00. The molecule has 16 heavy (non-hydrogen) atoms. The first kappa shape index (κ1) is 12.3. The van der Waals surface area contributed by atoms with Gasteiger partial charge in [-0.1, -0.05) is 13.8 Å². The molecule has 94 valence electrons. The Morgan fingerprint density at radius 1 is 1.44 bits per heavy atom. The molecule has 0 aromatic heterocycles. The molecule has 1 aliphatic heterocycles. The molecule has 1 heterocycles. The average molecular weight is 227 g/mol. The molecule has 2 aliphatic rings. The highest BCUT2D eigenvalue weighted by Gasteiger charge is 2.48. The van der Waals surface area contributed by atoms with Crippen LogP contribution in [0.3, 0.4) is 0 Å². The Morgan fingerprint density at radius 3 is 2.81 bits per heavy atom. The number of hydrogen-bond donors (Lipinski definition) is 1. The fourth-order valence-electron chi connectivity index (χ4n) is 2.77. The normalized spacial score (nSPS) is 37.3. The second-order valence-electron chi connectivity index (χ2n) is 5.69. The van der Waals surface area contributed by atoms with Crippen molar-refractivity contribution in [2.75, 3.05) is 26.4 Å². The Morgan fingerprint density at radius 2 is 2.25 bits per heavy atom. The van der Waals surface area contributed by atoms with Crippen LogP contribution in [0.15, 0.2) is 0 Å². The van der Waals surface area contributed by atoms with Crippen LogP contribution in [0.5, 0.6) is 0 Å². The number of nitrogens with one attached hydrogen (secondary N) is 1. The van der Waals surface area contributed by atoms with E-state index in [9.17, 15) is 0 Å². The van der Waals surface area contributed by atoms with Crippen LogP contribution in [-0.4, -0.2) is 38.5 Å². The zero-order chi connectivity index (χ0) is 11.6. The first-order valence-electron chi connectivity index (χ1n) is 6.57. The highest BCUT2D eigenvalue weighted by molar-refractivity contribution is 5.02. The Kier molecular flexibility index (Phi) is 3.88. The monoisotopic (exact) mass is 227 g/mol. The summed E-state index contributed by atoms with van der Waals surface area (Å²) in [5, 5.41) is 3.68. The lowest BCUT2D eigenvalue weighted by Crippen LogP contribution is -2.61. The van der Waals surface area contributed by atoms with Crippen LogP contribution >= 0.6 is 0 Å². The molecular formula is C13H25NO2. The molecule has 3 nitrogen and oxygen atoms in total. The third kappa shape index (κ3) is 2.41. The van der Waals surface area contributed by atoms with Gasteiger partial charge < -0.3 is 14.8 Å². The molecule has 0 spiro atoms. The van der Waals surface area contributed by atoms with E-state index in [4.69, 9.17) is 9.47 Å². The predicted octanol–water partition coefficient (Wildman–Crippen LogP) is 1.82. The lowest BCUT2D eigenvalue weighted by molar-refractivity contribution is -0.114. The molecule has 3 atom stereocenters. The standard InChI is InChI=1S/C13H25NO2/c1-4-16-12-7-11(13(12,2)3)14-8-10-5-6-15-9-10/h10-12,14H,4-9H2,1-3H3. The predicted molar refractivity (Wildman–Crippen MR) is 64.5 cm³/mol. The minimum absolute atomic E-state index is 0.287. The molecule has 2 rings (SSSR count). The molecule has 1 saturated heterocycles. The summed E-state index contributed by atoms with van der Waals surface area (Å²) in [6.07, 6.45) is 2.82. The Bertz CT molecular complexity index is 224. The van der Waals surface area contributed by atoms with E-state index in [2.05, 4.69) is 26.1 Å². The second-order valence-corrected chi connectivity index (χ2v) is 5.69. The molecule has 0 bridgehead atoms. The van der Waals surface area contributed by atoms with Crippen LogP contribution < -0.4 is 5.32 Å². The second kappa shape index (κ2) is 5.03. The van der Waals surface area contributed by atoms with Crippen molar-refractivity contribution >= 4 is 0 Å². The SMILES string of the molecule is CCOC1CC(NCC2CCOC2)C1(C)C. The highest BCUT2D eigenvalue weighted by Crippen LogP contribution is 2.42. The number of rotatable bonds is 5. The zero-order valence-corrected chi connectivity index (χ0v) is 10.8. The summed E-state index contributed by atoms with van der Waals surface area (Å²) in [5.41, 5.74) is 0.287. The summed E-state index contributed by atoms with van der Waals surface area (Å²) >= 11 is 0. The Hall–Kier alpha value is -0.120. The molecule has 0 aromatic rings. The summed E-state index contributed by atoms with van der Waals surface area (Å²) < 4.78 is 11.1. The molecule has 2 fully saturated rings. The van der Waals surface area contributed by atoms with Gasteiger partial charge in [0, 0.05) is 31.2 Å². The molecule has 1 N–H and O–H groups in total.